The zero-order valence-corrected chi connectivity index (χ0v) is 28.8. The van der Waals surface area contributed by atoms with E-state index in [2.05, 4.69) is 29.6 Å². The third-order valence-electron chi connectivity index (χ3n) is 7.63. The Bertz CT molecular complexity index is 2000. The monoisotopic (exact) mass is 780 g/mol. The minimum atomic E-state index is -5.19. The number of nitrogens with one attached hydrogen (secondary N) is 2. The Morgan fingerprint density at radius 1 is 1.29 bits per heavy atom. The molecule has 0 aliphatic carbocycles. The summed E-state index contributed by atoms with van der Waals surface area (Å²) in [6, 6.07) is 2.21. The van der Waals surface area contributed by atoms with Crippen LogP contribution in [0.5, 0.6) is 5.75 Å². The number of ether oxygens (including phenoxy) is 1. The number of alkyl halides is 3. The number of imidazole rings is 1. The van der Waals surface area contributed by atoms with E-state index in [1.54, 1.807) is 12.3 Å². The highest BCUT2D eigenvalue weighted by molar-refractivity contribution is 7.80. The summed E-state index contributed by atoms with van der Waals surface area (Å²) in [5.41, 5.74) is 5.75. The Morgan fingerprint density at radius 3 is 2.44 bits per heavy atom. The number of nitrogen functional groups attached to an aromatic ring is 1. The highest BCUT2D eigenvalue weighted by atomic mass is 32.3. The van der Waals surface area contributed by atoms with Crippen molar-refractivity contribution in [3.05, 3.63) is 41.3 Å². The van der Waals surface area contributed by atoms with Crippen LogP contribution in [0.15, 0.2) is 35.1 Å². The summed E-state index contributed by atoms with van der Waals surface area (Å²) in [5, 5.41) is 29.7. The molecule has 2 amide bonds. The quantitative estimate of drug-likeness (QED) is 0.0411. The smallest absolute Gasteiger partial charge is 0.430 e. The number of β-lactam (4-membered cyclic amide) rings is 1. The second-order valence-electron chi connectivity index (χ2n) is 11.8. The lowest BCUT2D eigenvalue weighted by molar-refractivity contribution is -0.652. The predicted molar refractivity (Wildman–Crippen MR) is 166 cm³/mol. The number of oxime groups is 1. The zero-order chi connectivity index (χ0) is 38.8. The lowest BCUT2D eigenvalue weighted by Gasteiger charge is -2.50. The molecule has 0 spiro atoms. The van der Waals surface area contributed by atoms with Crippen molar-refractivity contribution >= 4 is 62.0 Å². The Balaban J connectivity index is 0.000000785. The van der Waals surface area contributed by atoms with Crippen LogP contribution in [-0.4, -0.2) is 106 Å². The third-order valence-corrected chi connectivity index (χ3v) is 8.65. The molecule has 0 saturated carbocycles. The first-order valence-electron chi connectivity index (χ1n) is 14.7. The SMILES string of the molecule is C[n+]1c(CC2CNC2)cn2cc(OCC(ON=C(C(=O)NC3C(=O)N(OS(=O)(=O)O)C3(C)C)c3csc(N)n3)C(=O)O)ccc21.O=C([O-])C(F)(F)F. The molecule has 2 unspecified atom stereocenters. The second kappa shape index (κ2) is 15.2. The van der Waals surface area contributed by atoms with Gasteiger partial charge in [-0.2, -0.15) is 31.1 Å². The fraction of sp³-hybridized carbons (Fsp3) is 0.444. The third kappa shape index (κ3) is 9.40. The summed E-state index contributed by atoms with van der Waals surface area (Å²) in [7, 11) is -3.04. The number of nitrogens with two attached hydrogens (primary N) is 1. The van der Waals surface area contributed by atoms with Crippen LogP contribution in [0.1, 0.15) is 25.2 Å². The van der Waals surface area contributed by atoms with Gasteiger partial charge in [-0.15, -0.1) is 15.6 Å². The zero-order valence-electron chi connectivity index (χ0n) is 27.2. The van der Waals surface area contributed by atoms with Gasteiger partial charge in [0.2, 0.25) is 0 Å². The van der Waals surface area contributed by atoms with Crippen LogP contribution in [0, 0.1) is 5.92 Å². The lowest BCUT2D eigenvalue weighted by Crippen LogP contribution is -2.76. The average Bonchev–Trinajstić information content (AvgIpc) is 3.58. The molecule has 25 heteroatoms. The highest BCUT2D eigenvalue weighted by Gasteiger charge is 2.58. The summed E-state index contributed by atoms with van der Waals surface area (Å²) < 4.78 is 76.6. The predicted octanol–water partition coefficient (Wildman–Crippen LogP) is -2.04. The van der Waals surface area contributed by atoms with Gasteiger partial charge in [-0.1, -0.05) is 5.16 Å². The van der Waals surface area contributed by atoms with Gasteiger partial charge in [0.25, 0.3) is 23.6 Å². The number of fused-ring (bicyclic) bond motifs is 1. The Hall–Kier alpha value is -5.11. The van der Waals surface area contributed by atoms with E-state index in [-0.39, 0.29) is 10.8 Å². The number of nitrogens with zero attached hydrogens (tertiary/aromatic N) is 5. The molecule has 52 heavy (non-hydrogen) atoms. The van der Waals surface area contributed by atoms with E-state index in [1.165, 1.54) is 19.2 Å². The summed E-state index contributed by atoms with van der Waals surface area (Å²) >= 11 is 0.967. The van der Waals surface area contributed by atoms with Gasteiger partial charge in [0.1, 0.15) is 42.4 Å². The number of aryl methyl sites for hydroxylation is 1. The topological polar surface area (TPSA) is 280 Å². The molecule has 284 valence electrons. The van der Waals surface area contributed by atoms with Crippen molar-refractivity contribution in [2.24, 2.45) is 18.1 Å². The number of rotatable bonds is 13. The van der Waals surface area contributed by atoms with Gasteiger partial charge in [0, 0.05) is 17.9 Å². The molecule has 2 aliphatic rings. The number of hydrogen-bond acceptors (Lipinski definition) is 15. The molecule has 3 aromatic rings. The number of carbonyl (C=O) groups excluding carboxylic acids is 3. The average molecular weight is 781 g/mol. The van der Waals surface area contributed by atoms with Crippen LogP contribution in [0.4, 0.5) is 18.3 Å². The number of pyridine rings is 1. The number of carboxylic acids is 2. The highest BCUT2D eigenvalue weighted by Crippen LogP contribution is 2.33. The second-order valence-corrected chi connectivity index (χ2v) is 13.7. The number of hydrogen-bond donors (Lipinski definition) is 5. The first-order valence-corrected chi connectivity index (χ1v) is 16.9. The van der Waals surface area contributed by atoms with Gasteiger partial charge in [-0.3, -0.25) is 14.1 Å². The molecule has 2 fully saturated rings. The van der Waals surface area contributed by atoms with Crippen LogP contribution in [0.25, 0.3) is 5.65 Å². The maximum absolute atomic E-state index is 13.2. The Labute approximate surface area is 295 Å². The number of aromatic nitrogens is 3. The van der Waals surface area contributed by atoms with Crippen LogP contribution >= 0.6 is 11.3 Å². The normalized spacial score (nSPS) is 18.1. The molecular weight excluding hydrogens is 749 g/mol. The molecule has 0 aromatic carbocycles. The number of aliphatic carboxylic acids is 2. The number of thiazole rings is 1. The van der Waals surface area contributed by atoms with Crippen molar-refractivity contribution in [1.82, 2.24) is 25.1 Å². The van der Waals surface area contributed by atoms with E-state index in [0.29, 0.717) is 16.7 Å². The lowest BCUT2D eigenvalue weighted by atomic mass is 9.84. The van der Waals surface area contributed by atoms with Crippen LogP contribution in [0.2, 0.25) is 0 Å². The van der Waals surface area contributed by atoms with Crippen LogP contribution in [0.3, 0.4) is 0 Å². The number of amides is 2. The van der Waals surface area contributed by atoms with E-state index in [4.69, 9.17) is 29.8 Å². The van der Waals surface area contributed by atoms with E-state index < -0.39 is 70.3 Å². The summed E-state index contributed by atoms with van der Waals surface area (Å²) in [6.45, 7) is 4.20. The molecule has 6 N–H and O–H groups in total. The van der Waals surface area contributed by atoms with Crippen molar-refractivity contribution in [2.75, 3.05) is 25.4 Å². The maximum Gasteiger partial charge on any atom is 0.430 e. The first-order chi connectivity index (χ1) is 24.1. The summed E-state index contributed by atoms with van der Waals surface area (Å²) in [6.07, 6.45) is -2.24. The molecule has 3 aromatic heterocycles. The number of hydroxylamine groups is 2. The molecule has 2 atom stereocenters. The molecule has 0 radical (unpaired) electrons. The van der Waals surface area contributed by atoms with Crippen LogP contribution in [-0.2, 0) is 52.2 Å². The minimum Gasteiger partial charge on any atom is -0.542 e. The number of anilines is 1. The van der Waals surface area contributed by atoms with E-state index in [1.807, 2.05) is 23.7 Å². The summed E-state index contributed by atoms with van der Waals surface area (Å²) in [5.74, 6) is -5.51. The molecule has 2 aliphatic heterocycles. The fourth-order valence-electron chi connectivity index (χ4n) is 4.79. The van der Waals surface area contributed by atoms with Gasteiger partial charge in [-0.25, -0.2) is 14.3 Å². The molecule has 0 bridgehead atoms. The van der Waals surface area contributed by atoms with Gasteiger partial charge < -0.3 is 40.9 Å². The van der Waals surface area contributed by atoms with Gasteiger partial charge in [0.15, 0.2) is 16.6 Å². The standard InChI is InChI=1S/C25H30N8O10S2.C2HF3O2/c1-25(2)20(22(35)33(25)43-45(38,39)40)29-21(34)19(16-12-44-24(26)28-16)30-42-17(23(36)37)11-41-15-4-5-18-31(3)14(9-32(18)10-15)6-13-7-27-8-13;3-2(4,5)1(6)7/h4-5,9-10,12-13,17,20,27H,6-8,11H2,1-3H3,(H4-,26,28,29,34,36,37,38,39,40);(H,6,7). The van der Waals surface area contributed by atoms with Crippen molar-refractivity contribution in [3.8, 4) is 5.75 Å². The molecule has 2 saturated heterocycles. The van der Waals surface area contributed by atoms with Crippen molar-refractivity contribution in [3.63, 3.8) is 0 Å². The molecule has 20 nitrogen and oxygen atoms in total. The number of carbonyl (C=O) groups is 4. The van der Waals surface area contributed by atoms with Crippen molar-refractivity contribution < 1.29 is 74.0 Å². The minimum absolute atomic E-state index is 0.0673. The Kier molecular flexibility index (Phi) is 11.6. The van der Waals surface area contributed by atoms with Gasteiger partial charge in [-0.05, 0) is 38.9 Å². The van der Waals surface area contributed by atoms with E-state index >= 15 is 0 Å². The maximum atomic E-state index is 13.2. The Morgan fingerprint density at radius 2 is 1.94 bits per heavy atom. The first kappa shape index (κ1) is 39.7. The van der Waals surface area contributed by atoms with Gasteiger partial charge >= 0.3 is 22.5 Å². The van der Waals surface area contributed by atoms with Crippen LogP contribution < -0.4 is 30.8 Å². The molecular formula is C27H31F3N8O12S2. The fourth-order valence-corrected chi connectivity index (χ4v) is 5.79. The number of carboxylic acid groups (broad SMARTS) is 2. The van der Waals surface area contributed by atoms with Gasteiger partial charge in [0.05, 0.1) is 12.6 Å². The molecule has 5 heterocycles. The van der Waals surface area contributed by atoms with E-state index in [0.717, 1.165) is 42.2 Å². The molecule has 5 rings (SSSR count). The van der Waals surface area contributed by atoms with E-state index in [9.17, 15) is 41.1 Å². The van der Waals surface area contributed by atoms with Crippen molar-refractivity contribution in [1.29, 1.82) is 0 Å². The number of halogens is 3. The summed E-state index contributed by atoms with van der Waals surface area (Å²) in [4.78, 5) is 55.7. The van der Waals surface area contributed by atoms with Crippen molar-refractivity contribution in [2.45, 2.75) is 44.1 Å². The largest absolute Gasteiger partial charge is 0.542 e.